The summed E-state index contributed by atoms with van der Waals surface area (Å²) < 4.78 is 43.7. The van der Waals surface area contributed by atoms with Crippen molar-refractivity contribution in [1.29, 1.82) is 0 Å². The van der Waals surface area contributed by atoms with Gasteiger partial charge in [-0.15, -0.1) is 0 Å². The van der Waals surface area contributed by atoms with Gasteiger partial charge in [-0.3, -0.25) is 9.78 Å². The number of carbonyl (C=O) groups excluding carboxylic acids is 1. The third kappa shape index (κ3) is 5.19. The third-order valence-electron chi connectivity index (χ3n) is 4.39. The highest BCUT2D eigenvalue weighted by molar-refractivity contribution is 5.94. The minimum absolute atomic E-state index is 0.0535. The van der Waals surface area contributed by atoms with Crippen LogP contribution in [0.1, 0.15) is 16.1 Å². The normalized spacial score (nSPS) is 24.7. The standard InChI is InChI=1S/C18H19F3N4O4/c19-18(20,21)13-7-22-8-14(25-13)24-11-9-29-12(16(27)15(11)26)6-23-17(28)10-4-2-1-3-5-10/h1-5,7-8,11-12,15-16,26-27H,6,9H2,(H,23,28)(H,24,25)/t11-,12+,15+,16-/m0/s1. The van der Waals surface area contributed by atoms with Gasteiger partial charge in [-0.1, -0.05) is 18.2 Å². The van der Waals surface area contributed by atoms with E-state index in [-0.39, 0.29) is 24.9 Å². The number of aliphatic hydroxyl groups is 2. The molecule has 11 heteroatoms. The van der Waals surface area contributed by atoms with Crippen molar-refractivity contribution in [1.82, 2.24) is 15.3 Å². The lowest BCUT2D eigenvalue weighted by atomic mass is 9.98. The molecule has 156 valence electrons. The Morgan fingerprint density at radius 2 is 1.90 bits per heavy atom. The number of aromatic nitrogens is 2. The highest BCUT2D eigenvalue weighted by Crippen LogP contribution is 2.28. The van der Waals surface area contributed by atoms with Crippen molar-refractivity contribution in [3.05, 3.63) is 54.0 Å². The number of rotatable bonds is 5. The highest BCUT2D eigenvalue weighted by Gasteiger charge is 2.39. The molecule has 2 heterocycles. The van der Waals surface area contributed by atoms with Crippen LogP contribution in [0, 0.1) is 0 Å². The summed E-state index contributed by atoms with van der Waals surface area (Å²) in [6.07, 6.45) is -6.63. The van der Waals surface area contributed by atoms with Gasteiger partial charge in [0.05, 0.1) is 25.0 Å². The number of amides is 1. The van der Waals surface area contributed by atoms with Crippen LogP contribution in [0.3, 0.4) is 0 Å². The lowest BCUT2D eigenvalue weighted by Crippen LogP contribution is -2.58. The molecule has 2 aromatic rings. The fraction of sp³-hybridized carbons (Fsp3) is 0.389. The molecule has 29 heavy (non-hydrogen) atoms. The summed E-state index contributed by atoms with van der Waals surface area (Å²) in [6.45, 7) is -0.177. The number of nitrogens with one attached hydrogen (secondary N) is 2. The molecule has 4 atom stereocenters. The molecule has 1 aliphatic heterocycles. The summed E-state index contributed by atoms with van der Waals surface area (Å²) in [5.74, 6) is -0.578. The van der Waals surface area contributed by atoms with Crippen molar-refractivity contribution >= 4 is 11.7 Å². The van der Waals surface area contributed by atoms with Crippen molar-refractivity contribution in [3.8, 4) is 0 Å². The summed E-state index contributed by atoms with van der Waals surface area (Å²) in [4.78, 5) is 18.9. The van der Waals surface area contributed by atoms with Gasteiger partial charge in [-0.05, 0) is 12.1 Å². The maximum absolute atomic E-state index is 12.7. The van der Waals surface area contributed by atoms with Gasteiger partial charge in [0, 0.05) is 12.1 Å². The number of benzene rings is 1. The molecular formula is C18H19F3N4O4. The molecule has 0 saturated carbocycles. The van der Waals surface area contributed by atoms with Gasteiger partial charge >= 0.3 is 6.18 Å². The predicted octanol–water partition coefficient (Wildman–Crippen LogP) is 0.826. The fourth-order valence-electron chi connectivity index (χ4n) is 2.84. The largest absolute Gasteiger partial charge is 0.434 e. The van der Waals surface area contributed by atoms with Crippen LogP contribution < -0.4 is 10.6 Å². The minimum Gasteiger partial charge on any atom is -0.388 e. The van der Waals surface area contributed by atoms with Crippen LogP contribution in [0.25, 0.3) is 0 Å². The second-order valence-corrected chi connectivity index (χ2v) is 6.47. The van der Waals surface area contributed by atoms with Crippen molar-refractivity contribution in [2.24, 2.45) is 0 Å². The number of aliphatic hydroxyl groups excluding tert-OH is 2. The van der Waals surface area contributed by atoms with E-state index in [0.29, 0.717) is 11.8 Å². The zero-order chi connectivity index (χ0) is 21.0. The molecule has 4 N–H and O–H groups in total. The van der Waals surface area contributed by atoms with Crippen molar-refractivity contribution < 1.29 is 32.9 Å². The topological polar surface area (TPSA) is 117 Å². The summed E-state index contributed by atoms with van der Waals surface area (Å²) in [5, 5.41) is 25.8. The highest BCUT2D eigenvalue weighted by atomic mass is 19.4. The Morgan fingerprint density at radius 1 is 1.17 bits per heavy atom. The van der Waals surface area contributed by atoms with Crippen molar-refractivity contribution in [2.45, 2.75) is 30.5 Å². The Kier molecular flexibility index (Phi) is 6.30. The van der Waals surface area contributed by atoms with E-state index in [4.69, 9.17) is 4.74 Å². The Bertz CT molecular complexity index is 837. The van der Waals surface area contributed by atoms with Crippen molar-refractivity contribution in [2.75, 3.05) is 18.5 Å². The predicted molar refractivity (Wildman–Crippen MR) is 95.0 cm³/mol. The molecule has 1 aliphatic rings. The van der Waals surface area contributed by atoms with Gasteiger partial charge < -0.3 is 25.6 Å². The lowest BCUT2D eigenvalue weighted by Gasteiger charge is -2.38. The van der Waals surface area contributed by atoms with E-state index >= 15 is 0 Å². The SMILES string of the molecule is O=C(NC[C@H]1OC[C@H](Nc2cncc(C(F)(F)F)n2)[C@@H](O)[C@H]1O)c1ccccc1. The van der Waals surface area contributed by atoms with E-state index in [1.54, 1.807) is 30.3 Å². The fourth-order valence-corrected chi connectivity index (χ4v) is 2.84. The van der Waals surface area contributed by atoms with Crippen LogP contribution in [-0.4, -0.2) is 63.6 Å². The summed E-state index contributed by atoms with van der Waals surface area (Å²) in [6, 6.07) is 7.51. The van der Waals surface area contributed by atoms with Gasteiger partial charge in [-0.2, -0.15) is 13.2 Å². The first-order valence-corrected chi connectivity index (χ1v) is 8.72. The third-order valence-corrected chi connectivity index (χ3v) is 4.39. The number of nitrogens with zero attached hydrogens (tertiary/aromatic N) is 2. The number of hydrogen-bond acceptors (Lipinski definition) is 7. The van der Waals surface area contributed by atoms with E-state index in [9.17, 15) is 28.2 Å². The zero-order valence-corrected chi connectivity index (χ0v) is 15.0. The zero-order valence-electron chi connectivity index (χ0n) is 15.0. The minimum atomic E-state index is -4.66. The van der Waals surface area contributed by atoms with Gasteiger partial charge in [0.2, 0.25) is 0 Å². The van der Waals surface area contributed by atoms with Gasteiger partial charge in [0.25, 0.3) is 5.91 Å². The molecule has 3 rings (SSSR count). The summed E-state index contributed by atoms with van der Waals surface area (Å²) in [7, 11) is 0. The van der Waals surface area contributed by atoms with Crippen LogP contribution in [0.4, 0.5) is 19.0 Å². The molecule has 8 nitrogen and oxygen atoms in total. The number of alkyl halides is 3. The summed E-state index contributed by atoms with van der Waals surface area (Å²) in [5.41, 5.74) is -0.753. The number of hydrogen-bond donors (Lipinski definition) is 4. The lowest BCUT2D eigenvalue weighted by molar-refractivity contribution is -0.141. The average Bonchev–Trinajstić information content (AvgIpc) is 2.71. The van der Waals surface area contributed by atoms with Crippen LogP contribution in [0.5, 0.6) is 0 Å². The molecule has 1 fully saturated rings. The number of ether oxygens (including phenoxy) is 1. The summed E-state index contributed by atoms with van der Waals surface area (Å²) >= 11 is 0. The molecule has 1 aromatic carbocycles. The molecule has 1 saturated heterocycles. The Balaban J connectivity index is 1.57. The molecule has 0 spiro atoms. The smallest absolute Gasteiger partial charge is 0.388 e. The van der Waals surface area contributed by atoms with E-state index < -0.39 is 36.2 Å². The van der Waals surface area contributed by atoms with Crippen LogP contribution in [0.2, 0.25) is 0 Å². The Hall–Kier alpha value is -2.76. The molecule has 0 unspecified atom stereocenters. The van der Waals surface area contributed by atoms with Gasteiger partial charge in [0.15, 0.2) is 5.69 Å². The van der Waals surface area contributed by atoms with E-state index in [1.807, 2.05) is 0 Å². The number of anilines is 1. The first-order valence-electron chi connectivity index (χ1n) is 8.72. The Labute approximate surface area is 163 Å². The maximum Gasteiger partial charge on any atom is 0.434 e. The van der Waals surface area contributed by atoms with E-state index in [0.717, 1.165) is 6.20 Å². The molecule has 0 aliphatic carbocycles. The monoisotopic (exact) mass is 412 g/mol. The molecule has 1 amide bonds. The first-order chi connectivity index (χ1) is 13.8. The number of carbonyl (C=O) groups is 1. The van der Waals surface area contributed by atoms with Gasteiger partial charge in [0.1, 0.15) is 24.1 Å². The van der Waals surface area contributed by atoms with Crippen LogP contribution >= 0.6 is 0 Å². The second-order valence-electron chi connectivity index (χ2n) is 6.47. The second kappa shape index (κ2) is 8.72. The number of halogens is 3. The molecular weight excluding hydrogens is 393 g/mol. The van der Waals surface area contributed by atoms with Crippen LogP contribution in [-0.2, 0) is 10.9 Å². The Morgan fingerprint density at radius 3 is 2.59 bits per heavy atom. The van der Waals surface area contributed by atoms with Crippen LogP contribution in [0.15, 0.2) is 42.7 Å². The molecule has 0 bridgehead atoms. The average molecular weight is 412 g/mol. The first kappa shape index (κ1) is 21.0. The molecule has 0 radical (unpaired) electrons. The van der Waals surface area contributed by atoms with Gasteiger partial charge in [-0.25, -0.2) is 4.98 Å². The maximum atomic E-state index is 12.7. The van der Waals surface area contributed by atoms with E-state index in [1.165, 1.54) is 0 Å². The van der Waals surface area contributed by atoms with E-state index in [2.05, 4.69) is 20.6 Å². The quantitative estimate of drug-likeness (QED) is 0.575. The molecule has 1 aromatic heterocycles. The van der Waals surface area contributed by atoms with Crippen molar-refractivity contribution in [3.63, 3.8) is 0 Å².